The lowest BCUT2D eigenvalue weighted by atomic mass is 10.1. The number of Topliss-reactive ketones (excluding diaryl/α,β-unsaturated/α-hetero) is 1. The molecular weight excluding hydrogens is 388 g/mol. The second-order valence-corrected chi connectivity index (χ2v) is 7.85. The molecule has 1 unspecified atom stereocenters. The first-order chi connectivity index (χ1) is 14.2. The maximum Gasteiger partial charge on any atom is 0.262 e. The predicted molar refractivity (Wildman–Crippen MR) is 113 cm³/mol. The van der Waals surface area contributed by atoms with Crippen LogP contribution in [0.15, 0.2) is 58.5 Å². The van der Waals surface area contributed by atoms with Crippen LogP contribution in [0.5, 0.6) is 5.75 Å². The van der Waals surface area contributed by atoms with Crippen LogP contribution >= 0.6 is 11.8 Å². The molecule has 0 radical (unpaired) electrons. The molecule has 0 amide bonds. The number of carbonyl (C=O) groups excluding carboxylic acids is 1. The molecule has 150 valence electrons. The molecular formula is C22H22N2O4S. The van der Waals surface area contributed by atoms with Crippen molar-refractivity contribution in [2.24, 2.45) is 0 Å². The van der Waals surface area contributed by atoms with Crippen LogP contribution in [0.1, 0.15) is 23.2 Å². The fourth-order valence-electron chi connectivity index (χ4n) is 3.42. The van der Waals surface area contributed by atoms with Gasteiger partial charge in [-0.05, 0) is 37.1 Å². The fourth-order valence-corrected chi connectivity index (χ4v) is 4.32. The molecule has 1 aliphatic heterocycles. The average Bonchev–Trinajstić information content (AvgIpc) is 3.27. The third-order valence-electron chi connectivity index (χ3n) is 4.96. The first kappa shape index (κ1) is 19.7. The van der Waals surface area contributed by atoms with Crippen molar-refractivity contribution in [1.29, 1.82) is 0 Å². The molecule has 1 fully saturated rings. The summed E-state index contributed by atoms with van der Waals surface area (Å²) in [5, 5.41) is 1.12. The van der Waals surface area contributed by atoms with Crippen LogP contribution in [0.2, 0.25) is 0 Å². The minimum Gasteiger partial charge on any atom is -0.497 e. The van der Waals surface area contributed by atoms with Crippen LogP contribution < -0.4 is 10.3 Å². The van der Waals surface area contributed by atoms with E-state index in [-0.39, 0.29) is 23.2 Å². The lowest BCUT2D eigenvalue weighted by molar-refractivity contribution is 0.0937. The highest BCUT2D eigenvalue weighted by molar-refractivity contribution is 7.99. The molecule has 0 saturated carbocycles. The maximum absolute atomic E-state index is 13.1. The fraction of sp³-hybridized carbons (Fsp3) is 0.318. The molecule has 6 nitrogen and oxygen atoms in total. The van der Waals surface area contributed by atoms with E-state index >= 15 is 0 Å². The van der Waals surface area contributed by atoms with Crippen molar-refractivity contribution in [2.45, 2.75) is 30.6 Å². The summed E-state index contributed by atoms with van der Waals surface area (Å²) >= 11 is 1.28. The molecule has 0 bridgehead atoms. The van der Waals surface area contributed by atoms with E-state index in [1.54, 1.807) is 42.0 Å². The zero-order valence-electron chi connectivity index (χ0n) is 16.2. The summed E-state index contributed by atoms with van der Waals surface area (Å²) in [5.74, 6) is 0.781. The van der Waals surface area contributed by atoms with E-state index in [0.717, 1.165) is 19.4 Å². The van der Waals surface area contributed by atoms with Crippen molar-refractivity contribution < 1.29 is 14.3 Å². The number of methoxy groups -OCH3 is 1. The summed E-state index contributed by atoms with van der Waals surface area (Å²) in [6.07, 6.45) is 1.92. The number of aromatic nitrogens is 2. The maximum atomic E-state index is 13.1. The van der Waals surface area contributed by atoms with Gasteiger partial charge in [-0.25, -0.2) is 4.98 Å². The zero-order valence-corrected chi connectivity index (χ0v) is 17.0. The van der Waals surface area contributed by atoms with E-state index in [2.05, 4.69) is 4.98 Å². The number of thioether (sulfide) groups is 1. The third-order valence-corrected chi connectivity index (χ3v) is 5.94. The van der Waals surface area contributed by atoms with Gasteiger partial charge in [0.1, 0.15) is 5.75 Å². The molecule has 1 atom stereocenters. The van der Waals surface area contributed by atoms with Gasteiger partial charge in [0.25, 0.3) is 5.56 Å². The number of nitrogens with zero attached hydrogens (tertiary/aromatic N) is 2. The summed E-state index contributed by atoms with van der Waals surface area (Å²) < 4.78 is 12.6. The predicted octanol–water partition coefficient (Wildman–Crippen LogP) is 3.56. The van der Waals surface area contributed by atoms with E-state index in [4.69, 9.17) is 9.47 Å². The molecule has 2 aromatic carbocycles. The third kappa shape index (κ3) is 4.36. The van der Waals surface area contributed by atoms with E-state index in [1.807, 2.05) is 18.2 Å². The van der Waals surface area contributed by atoms with Gasteiger partial charge in [-0.15, -0.1) is 0 Å². The number of rotatable bonds is 7. The minimum atomic E-state index is -0.0950. The second kappa shape index (κ2) is 8.80. The Morgan fingerprint density at radius 1 is 1.28 bits per heavy atom. The van der Waals surface area contributed by atoms with Gasteiger partial charge in [-0.2, -0.15) is 0 Å². The Morgan fingerprint density at radius 2 is 2.14 bits per heavy atom. The van der Waals surface area contributed by atoms with Gasteiger partial charge in [0, 0.05) is 12.2 Å². The topological polar surface area (TPSA) is 70.4 Å². The Balaban J connectivity index is 1.62. The highest BCUT2D eigenvalue weighted by atomic mass is 32.2. The molecule has 4 rings (SSSR count). The molecule has 0 spiro atoms. The minimum absolute atomic E-state index is 0.00379. The number of hydrogen-bond acceptors (Lipinski definition) is 6. The Morgan fingerprint density at radius 3 is 2.93 bits per heavy atom. The van der Waals surface area contributed by atoms with Crippen molar-refractivity contribution in [3.8, 4) is 5.75 Å². The van der Waals surface area contributed by atoms with Crippen molar-refractivity contribution in [2.75, 3.05) is 19.5 Å². The average molecular weight is 410 g/mol. The lowest BCUT2D eigenvalue weighted by Gasteiger charge is -2.16. The number of benzene rings is 2. The number of hydrogen-bond donors (Lipinski definition) is 0. The largest absolute Gasteiger partial charge is 0.497 e. The summed E-state index contributed by atoms with van der Waals surface area (Å²) in [7, 11) is 1.57. The molecule has 7 heteroatoms. The summed E-state index contributed by atoms with van der Waals surface area (Å²) in [4.78, 5) is 30.4. The molecule has 1 saturated heterocycles. The monoisotopic (exact) mass is 410 g/mol. The molecule has 0 N–H and O–H groups in total. The number of ketones is 1. The van der Waals surface area contributed by atoms with Crippen LogP contribution in [0.25, 0.3) is 10.9 Å². The van der Waals surface area contributed by atoms with Gasteiger partial charge in [0.05, 0.1) is 36.4 Å². The quantitative estimate of drug-likeness (QED) is 0.337. The van der Waals surface area contributed by atoms with E-state index in [1.165, 1.54) is 11.8 Å². The Labute approximate surface area is 172 Å². The number of fused-ring (bicyclic) bond motifs is 1. The highest BCUT2D eigenvalue weighted by Gasteiger charge is 2.21. The number of ether oxygens (including phenoxy) is 2. The molecule has 1 aromatic heterocycles. The smallest absolute Gasteiger partial charge is 0.262 e. The molecule has 2 heterocycles. The normalized spacial score (nSPS) is 16.2. The SMILES string of the molecule is COc1cccc(C(=O)CSc2nc3ccccc3c(=O)n2CC2CCCO2)c1. The van der Waals surface area contributed by atoms with Crippen LogP contribution in [0.4, 0.5) is 0 Å². The number of carbonyl (C=O) groups is 1. The van der Waals surface area contributed by atoms with Crippen LogP contribution in [-0.4, -0.2) is 40.9 Å². The van der Waals surface area contributed by atoms with E-state index in [0.29, 0.717) is 33.9 Å². The molecule has 1 aliphatic rings. The number of para-hydroxylation sites is 1. The first-order valence-electron chi connectivity index (χ1n) is 9.57. The Kier molecular flexibility index (Phi) is 5.97. The van der Waals surface area contributed by atoms with Crippen LogP contribution in [-0.2, 0) is 11.3 Å². The first-order valence-corrected chi connectivity index (χ1v) is 10.6. The van der Waals surface area contributed by atoms with Crippen LogP contribution in [0.3, 0.4) is 0 Å². The molecule has 0 aliphatic carbocycles. The van der Waals surface area contributed by atoms with E-state index < -0.39 is 0 Å². The van der Waals surface area contributed by atoms with Gasteiger partial charge >= 0.3 is 0 Å². The van der Waals surface area contributed by atoms with E-state index in [9.17, 15) is 9.59 Å². The summed E-state index contributed by atoms with van der Waals surface area (Å²) in [5.41, 5.74) is 1.12. The molecule has 29 heavy (non-hydrogen) atoms. The van der Waals surface area contributed by atoms with Crippen molar-refractivity contribution in [1.82, 2.24) is 9.55 Å². The van der Waals surface area contributed by atoms with Gasteiger partial charge in [0.15, 0.2) is 10.9 Å². The van der Waals surface area contributed by atoms with Crippen LogP contribution in [0, 0.1) is 0 Å². The van der Waals surface area contributed by atoms with Crippen molar-refractivity contribution in [3.05, 3.63) is 64.4 Å². The van der Waals surface area contributed by atoms with Gasteiger partial charge in [-0.3, -0.25) is 14.2 Å². The van der Waals surface area contributed by atoms with Crippen molar-refractivity contribution in [3.63, 3.8) is 0 Å². The molecule has 3 aromatic rings. The summed E-state index contributed by atoms with van der Waals surface area (Å²) in [6, 6.07) is 14.4. The van der Waals surface area contributed by atoms with Crippen molar-refractivity contribution >= 4 is 28.4 Å². The Bertz CT molecular complexity index is 1090. The second-order valence-electron chi connectivity index (χ2n) is 6.91. The summed E-state index contributed by atoms with van der Waals surface area (Å²) in [6.45, 7) is 1.17. The Hall–Kier alpha value is -2.64. The zero-order chi connectivity index (χ0) is 20.2. The van der Waals surface area contributed by atoms with Gasteiger partial charge < -0.3 is 9.47 Å². The lowest BCUT2D eigenvalue weighted by Crippen LogP contribution is -2.29. The highest BCUT2D eigenvalue weighted by Crippen LogP contribution is 2.22. The standard InChI is InChI=1S/C22H22N2O4S/c1-27-16-7-4-6-15(12-16)20(25)14-29-22-23-19-10-3-2-9-18(19)21(26)24(22)13-17-8-5-11-28-17/h2-4,6-7,9-10,12,17H,5,8,11,13-14H2,1H3. The van der Waals surface area contributed by atoms with Gasteiger partial charge in [0.2, 0.25) is 0 Å². The van der Waals surface area contributed by atoms with Gasteiger partial charge in [-0.1, -0.05) is 36.0 Å².